The highest BCUT2D eigenvalue weighted by Gasteiger charge is 2.27. The van der Waals surface area contributed by atoms with Crippen molar-refractivity contribution in [1.82, 2.24) is 15.1 Å². The molecule has 2 heterocycles. The first-order chi connectivity index (χ1) is 11.3. The van der Waals surface area contributed by atoms with Crippen LogP contribution in [0.2, 0.25) is 0 Å². The van der Waals surface area contributed by atoms with Gasteiger partial charge in [-0.15, -0.1) is 0 Å². The van der Waals surface area contributed by atoms with E-state index in [0.717, 1.165) is 51.9 Å². The molecule has 0 saturated carbocycles. The lowest BCUT2D eigenvalue weighted by molar-refractivity contribution is 0.142. The zero-order valence-electron chi connectivity index (χ0n) is 15.1. The molecule has 2 saturated heterocycles. The average Bonchev–Trinajstić information content (AvgIpc) is 3.19. The first-order valence-electron chi connectivity index (χ1n) is 9.03. The Hall–Kier alpha value is -0.850. The molecule has 2 unspecified atom stereocenters. The van der Waals surface area contributed by atoms with Gasteiger partial charge in [0.25, 0.3) is 0 Å². The quantitative estimate of drug-likeness (QED) is 0.533. The molecule has 0 aromatic heterocycles. The molecular weight excluding hydrogens is 292 g/mol. The van der Waals surface area contributed by atoms with E-state index in [2.05, 4.69) is 22.0 Å². The maximum absolute atomic E-state index is 5.30. The van der Waals surface area contributed by atoms with E-state index in [-0.39, 0.29) is 0 Å². The average molecular weight is 326 g/mol. The van der Waals surface area contributed by atoms with Crippen LogP contribution in [0, 0.1) is 5.92 Å². The van der Waals surface area contributed by atoms with Crippen molar-refractivity contribution in [1.29, 1.82) is 0 Å². The van der Waals surface area contributed by atoms with E-state index in [9.17, 15) is 0 Å². The van der Waals surface area contributed by atoms with Crippen LogP contribution in [0.4, 0.5) is 0 Å². The second-order valence-electron chi connectivity index (χ2n) is 6.58. The molecule has 6 heteroatoms. The van der Waals surface area contributed by atoms with Gasteiger partial charge in [0.2, 0.25) is 0 Å². The Balaban J connectivity index is 1.88. The number of hydrogen-bond acceptors (Lipinski definition) is 4. The summed E-state index contributed by atoms with van der Waals surface area (Å²) in [5.74, 6) is 1.71. The summed E-state index contributed by atoms with van der Waals surface area (Å²) in [6.45, 7) is 9.94. The van der Waals surface area contributed by atoms with Crippen LogP contribution in [-0.2, 0) is 9.47 Å². The number of nitrogens with one attached hydrogen (secondary N) is 1. The molecule has 2 fully saturated rings. The highest BCUT2D eigenvalue weighted by molar-refractivity contribution is 5.80. The van der Waals surface area contributed by atoms with Crippen LogP contribution in [0.1, 0.15) is 26.2 Å². The second kappa shape index (κ2) is 10.1. The van der Waals surface area contributed by atoms with Gasteiger partial charge in [-0.3, -0.25) is 9.89 Å². The Morgan fingerprint density at radius 3 is 2.83 bits per heavy atom. The zero-order chi connectivity index (χ0) is 16.5. The van der Waals surface area contributed by atoms with Gasteiger partial charge < -0.3 is 19.7 Å². The van der Waals surface area contributed by atoms with Crippen molar-refractivity contribution in [3.8, 4) is 0 Å². The summed E-state index contributed by atoms with van der Waals surface area (Å²) in [6.07, 6.45) is 3.72. The van der Waals surface area contributed by atoms with Gasteiger partial charge in [-0.05, 0) is 32.7 Å². The maximum atomic E-state index is 5.30. The molecule has 0 radical (unpaired) electrons. The van der Waals surface area contributed by atoms with Gasteiger partial charge in [0, 0.05) is 52.4 Å². The van der Waals surface area contributed by atoms with E-state index < -0.39 is 0 Å². The molecule has 0 spiro atoms. The van der Waals surface area contributed by atoms with E-state index in [4.69, 9.17) is 14.5 Å². The highest BCUT2D eigenvalue weighted by atomic mass is 16.5. The molecule has 0 aromatic rings. The normalized spacial score (nSPS) is 26.2. The summed E-state index contributed by atoms with van der Waals surface area (Å²) in [5.41, 5.74) is 0. The molecule has 6 nitrogen and oxygen atoms in total. The van der Waals surface area contributed by atoms with Gasteiger partial charge in [0.15, 0.2) is 5.96 Å². The van der Waals surface area contributed by atoms with Crippen LogP contribution in [0.5, 0.6) is 0 Å². The molecule has 134 valence electrons. The van der Waals surface area contributed by atoms with Gasteiger partial charge in [0.1, 0.15) is 0 Å². The summed E-state index contributed by atoms with van der Waals surface area (Å²) >= 11 is 0. The highest BCUT2D eigenvalue weighted by Crippen LogP contribution is 2.19. The van der Waals surface area contributed by atoms with Crippen molar-refractivity contribution >= 4 is 5.96 Å². The third kappa shape index (κ3) is 5.62. The van der Waals surface area contributed by atoms with Crippen molar-refractivity contribution in [3.05, 3.63) is 0 Å². The molecular formula is C17H34N4O2. The Labute approximate surface area is 141 Å². The Morgan fingerprint density at radius 2 is 2.09 bits per heavy atom. The molecule has 0 aliphatic carbocycles. The van der Waals surface area contributed by atoms with Gasteiger partial charge >= 0.3 is 0 Å². The summed E-state index contributed by atoms with van der Waals surface area (Å²) in [7, 11) is 3.56. The van der Waals surface area contributed by atoms with Crippen LogP contribution in [0.3, 0.4) is 0 Å². The monoisotopic (exact) mass is 326 g/mol. The molecule has 1 N–H and O–H groups in total. The van der Waals surface area contributed by atoms with Crippen LogP contribution < -0.4 is 5.32 Å². The van der Waals surface area contributed by atoms with Crippen LogP contribution in [-0.4, -0.2) is 88.5 Å². The molecule has 2 atom stereocenters. The minimum Gasteiger partial charge on any atom is -0.384 e. The van der Waals surface area contributed by atoms with Gasteiger partial charge in [-0.25, -0.2) is 0 Å². The van der Waals surface area contributed by atoms with Crippen molar-refractivity contribution in [2.45, 2.75) is 32.2 Å². The number of ether oxygens (including phenoxy) is 2. The number of guanidine groups is 1. The van der Waals surface area contributed by atoms with E-state index in [1.165, 1.54) is 25.8 Å². The maximum Gasteiger partial charge on any atom is 0.193 e. The minimum absolute atomic E-state index is 0.566. The zero-order valence-corrected chi connectivity index (χ0v) is 15.1. The standard InChI is InChI=1S/C17H34N4O2/c1-4-18-17(21-9-7-15(13-21)14-23-3)19-12-16-6-5-8-20(16)10-11-22-2/h15-16H,4-14H2,1-3H3,(H,18,19). The van der Waals surface area contributed by atoms with E-state index in [1.54, 1.807) is 14.2 Å². The van der Waals surface area contributed by atoms with Gasteiger partial charge in [0.05, 0.1) is 19.8 Å². The molecule has 2 rings (SSSR count). The largest absolute Gasteiger partial charge is 0.384 e. The van der Waals surface area contributed by atoms with E-state index >= 15 is 0 Å². The molecule has 2 aliphatic rings. The lowest BCUT2D eigenvalue weighted by Gasteiger charge is -2.25. The summed E-state index contributed by atoms with van der Waals surface area (Å²) in [5, 5.41) is 3.46. The second-order valence-corrected chi connectivity index (χ2v) is 6.58. The first kappa shape index (κ1) is 18.5. The smallest absolute Gasteiger partial charge is 0.193 e. The minimum atomic E-state index is 0.566. The number of methoxy groups -OCH3 is 2. The topological polar surface area (TPSA) is 49.3 Å². The van der Waals surface area contributed by atoms with Gasteiger partial charge in [-0.2, -0.15) is 0 Å². The number of hydrogen-bond donors (Lipinski definition) is 1. The third-order valence-corrected chi connectivity index (χ3v) is 4.86. The van der Waals surface area contributed by atoms with Crippen molar-refractivity contribution < 1.29 is 9.47 Å². The van der Waals surface area contributed by atoms with Crippen molar-refractivity contribution in [2.75, 3.05) is 66.7 Å². The van der Waals surface area contributed by atoms with Crippen LogP contribution >= 0.6 is 0 Å². The predicted molar refractivity (Wildman–Crippen MR) is 94.0 cm³/mol. The third-order valence-electron chi connectivity index (χ3n) is 4.86. The lowest BCUT2D eigenvalue weighted by Crippen LogP contribution is -2.42. The molecule has 23 heavy (non-hydrogen) atoms. The summed E-state index contributed by atoms with van der Waals surface area (Å²) < 4.78 is 10.5. The molecule has 0 bridgehead atoms. The molecule has 0 amide bonds. The summed E-state index contributed by atoms with van der Waals surface area (Å²) in [4.78, 5) is 9.85. The van der Waals surface area contributed by atoms with E-state index in [0.29, 0.717) is 12.0 Å². The number of aliphatic imine (C=N–C) groups is 1. The Bertz CT molecular complexity index is 365. The van der Waals surface area contributed by atoms with Crippen molar-refractivity contribution in [2.24, 2.45) is 10.9 Å². The van der Waals surface area contributed by atoms with Crippen LogP contribution in [0.25, 0.3) is 0 Å². The fraction of sp³-hybridized carbons (Fsp3) is 0.941. The fourth-order valence-corrected chi connectivity index (χ4v) is 3.62. The number of nitrogens with zero attached hydrogens (tertiary/aromatic N) is 3. The molecule has 0 aromatic carbocycles. The number of rotatable bonds is 8. The van der Waals surface area contributed by atoms with Crippen molar-refractivity contribution in [3.63, 3.8) is 0 Å². The lowest BCUT2D eigenvalue weighted by atomic mass is 10.1. The summed E-state index contributed by atoms with van der Waals surface area (Å²) in [6, 6.07) is 0.566. The number of likely N-dealkylation sites (tertiary alicyclic amines) is 2. The Kier molecular flexibility index (Phi) is 8.12. The van der Waals surface area contributed by atoms with Crippen LogP contribution in [0.15, 0.2) is 4.99 Å². The first-order valence-corrected chi connectivity index (χ1v) is 9.03. The van der Waals surface area contributed by atoms with E-state index in [1.807, 2.05) is 0 Å². The predicted octanol–water partition coefficient (Wildman–Crippen LogP) is 1.03. The fourth-order valence-electron chi connectivity index (χ4n) is 3.62. The SMILES string of the molecule is CCNC(=NCC1CCCN1CCOC)N1CCC(COC)C1. The Morgan fingerprint density at radius 1 is 1.22 bits per heavy atom. The van der Waals surface area contributed by atoms with Gasteiger partial charge in [-0.1, -0.05) is 0 Å². The molecule has 2 aliphatic heterocycles.